The zero-order valence-electron chi connectivity index (χ0n) is 11.8. The molecule has 22 heavy (non-hydrogen) atoms. The Bertz CT molecular complexity index is 693. The van der Waals surface area contributed by atoms with E-state index in [1.54, 1.807) is 11.6 Å². The maximum absolute atomic E-state index is 12.6. The number of carboxylic acids is 1. The molecule has 0 fully saturated rings. The predicted octanol–water partition coefficient (Wildman–Crippen LogP) is 3.92. The molecule has 1 aromatic heterocycles. The first-order valence-corrected chi connectivity index (χ1v) is 7.34. The van der Waals surface area contributed by atoms with Gasteiger partial charge in [0, 0.05) is 12.6 Å². The first kappa shape index (κ1) is 16.4. The molecule has 1 aromatic carbocycles. The molecular weight excluding hydrogens is 317 g/mol. The summed E-state index contributed by atoms with van der Waals surface area (Å²) in [7, 11) is 1.64. The van der Waals surface area contributed by atoms with Crippen LogP contribution >= 0.6 is 11.8 Å². The molecule has 0 spiro atoms. The fraction of sp³-hybridized carbons (Fsp3) is 0.286. The second kappa shape index (κ2) is 6.04. The van der Waals surface area contributed by atoms with Crippen LogP contribution in [0.5, 0.6) is 0 Å². The van der Waals surface area contributed by atoms with Crippen LogP contribution in [0.25, 0.3) is 11.4 Å². The Morgan fingerprint density at radius 2 is 1.91 bits per heavy atom. The third-order valence-corrected chi connectivity index (χ3v) is 4.03. The second-order valence-corrected chi connectivity index (χ2v) is 5.71. The van der Waals surface area contributed by atoms with Crippen LogP contribution in [0, 0.1) is 0 Å². The van der Waals surface area contributed by atoms with Crippen LogP contribution in [0.1, 0.15) is 23.0 Å². The number of aromatic nitrogens is 2. The van der Waals surface area contributed by atoms with E-state index >= 15 is 0 Å². The minimum Gasteiger partial charge on any atom is -0.476 e. The number of benzene rings is 1. The van der Waals surface area contributed by atoms with Crippen molar-refractivity contribution in [1.29, 1.82) is 0 Å². The molecule has 0 unspecified atom stereocenters. The van der Waals surface area contributed by atoms with E-state index < -0.39 is 17.7 Å². The van der Waals surface area contributed by atoms with E-state index in [9.17, 15) is 23.1 Å². The Morgan fingerprint density at radius 3 is 2.36 bits per heavy atom. The Morgan fingerprint density at radius 1 is 1.32 bits per heavy atom. The molecule has 0 aliphatic heterocycles. The first-order chi connectivity index (χ1) is 10.3. The second-order valence-electron chi connectivity index (χ2n) is 4.46. The Hall–Kier alpha value is -1.96. The summed E-state index contributed by atoms with van der Waals surface area (Å²) in [5.41, 5.74) is -0.419. The van der Waals surface area contributed by atoms with Gasteiger partial charge in [0.15, 0.2) is 5.69 Å². The molecule has 1 heterocycles. The number of nitrogens with zero attached hydrogens (tertiary/aromatic N) is 2. The van der Waals surface area contributed by atoms with E-state index in [4.69, 9.17) is 0 Å². The number of carboxylic acid groups (broad SMARTS) is 1. The van der Waals surface area contributed by atoms with Crippen molar-refractivity contribution in [3.8, 4) is 11.4 Å². The standard InChI is InChI=1S/C14H13F3N2O2S/c1-3-22-12-10(13(20)21)18-11(19(12)2)8-4-6-9(7-5-8)14(15,16)17/h4-7H,3H2,1-2H3,(H,20,21). The quantitative estimate of drug-likeness (QED) is 0.864. The van der Waals surface area contributed by atoms with Crippen LogP contribution in [0.4, 0.5) is 13.2 Å². The summed E-state index contributed by atoms with van der Waals surface area (Å²) in [5.74, 6) is -0.182. The fourth-order valence-electron chi connectivity index (χ4n) is 1.99. The average Bonchev–Trinajstić information content (AvgIpc) is 2.76. The zero-order valence-corrected chi connectivity index (χ0v) is 12.6. The number of hydrogen-bond acceptors (Lipinski definition) is 3. The van der Waals surface area contributed by atoms with Crippen LogP contribution in [0.2, 0.25) is 0 Å². The topological polar surface area (TPSA) is 55.1 Å². The molecular formula is C14H13F3N2O2S. The van der Waals surface area contributed by atoms with Crippen molar-refractivity contribution in [2.45, 2.75) is 18.1 Å². The number of rotatable bonds is 4. The summed E-state index contributed by atoms with van der Waals surface area (Å²) in [4.78, 5) is 15.3. The lowest BCUT2D eigenvalue weighted by atomic mass is 10.1. The predicted molar refractivity (Wildman–Crippen MR) is 77.0 cm³/mol. The van der Waals surface area contributed by atoms with Gasteiger partial charge in [-0.15, -0.1) is 11.8 Å². The molecule has 0 radical (unpaired) electrons. The summed E-state index contributed by atoms with van der Waals surface area (Å²) in [6.45, 7) is 1.88. The van der Waals surface area contributed by atoms with Gasteiger partial charge in [-0.25, -0.2) is 9.78 Å². The molecule has 0 amide bonds. The Labute approximate surface area is 129 Å². The van der Waals surface area contributed by atoms with Gasteiger partial charge < -0.3 is 9.67 Å². The van der Waals surface area contributed by atoms with Crippen LogP contribution < -0.4 is 0 Å². The van der Waals surface area contributed by atoms with Gasteiger partial charge in [0.1, 0.15) is 10.9 Å². The van der Waals surface area contributed by atoms with E-state index in [0.717, 1.165) is 12.1 Å². The van der Waals surface area contributed by atoms with E-state index in [-0.39, 0.29) is 5.69 Å². The van der Waals surface area contributed by atoms with Crippen LogP contribution in [-0.2, 0) is 13.2 Å². The number of alkyl halides is 3. The maximum atomic E-state index is 12.6. The molecule has 2 rings (SSSR count). The van der Waals surface area contributed by atoms with Crippen molar-refractivity contribution in [2.75, 3.05) is 5.75 Å². The molecule has 4 nitrogen and oxygen atoms in total. The molecule has 0 saturated carbocycles. The molecule has 0 aliphatic carbocycles. The van der Waals surface area contributed by atoms with Crippen LogP contribution in [0.15, 0.2) is 29.3 Å². The number of imidazole rings is 1. The normalized spacial score (nSPS) is 11.7. The summed E-state index contributed by atoms with van der Waals surface area (Å²) < 4.78 is 39.3. The molecule has 0 saturated heterocycles. The lowest BCUT2D eigenvalue weighted by Crippen LogP contribution is -2.04. The number of aromatic carboxylic acids is 1. The number of hydrogen-bond donors (Lipinski definition) is 1. The van der Waals surface area contributed by atoms with E-state index in [1.165, 1.54) is 23.9 Å². The average molecular weight is 330 g/mol. The summed E-state index contributed by atoms with van der Waals surface area (Å²) in [6.07, 6.45) is -4.41. The SMILES string of the molecule is CCSc1c(C(=O)O)nc(-c2ccc(C(F)(F)F)cc2)n1C. The van der Waals surface area contributed by atoms with Gasteiger partial charge in [-0.2, -0.15) is 13.2 Å². The van der Waals surface area contributed by atoms with Crippen molar-refractivity contribution >= 4 is 17.7 Å². The molecule has 2 aromatic rings. The smallest absolute Gasteiger partial charge is 0.416 e. The Kier molecular flexibility index (Phi) is 4.50. The number of thioether (sulfide) groups is 1. The van der Waals surface area contributed by atoms with Gasteiger partial charge in [0.05, 0.1) is 5.56 Å². The molecule has 8 heteroatoms. The van der Waals surface area contributed by atoms with E-state index in [2.05, 4.69) is 4.98 Å². The van der Waals surface area contributed by atoms with Gasteiger partial charge in [-0.3, -0.25) is 0 Å². The zero-order chi connectivity index (χ0) is 16.5. The van der Waals surface area contributed by atoms with Crippen molar-refractivity contribution in [1.82, 2.24) is 9.55 Å². The van der Waals surface area contributed by atoms with Crippen LogP contribution in [-0.4, -0.2) is 26.4 Å². The van der Waals surface area contributed by atoms with Crippen molar-refractivity contribution in [3.63, 3.8) is 0 Å². The summed E-state index contributed by atoms with van der Waals surface area (Å²) >= 11 is 1.32. The number of carbonyl (C=O) groups is 1. The minimum absolute atomic E-state index is 0.0933. The first-order valence-electron chi connectivity index (χ1n) is 6.36. The monoisotopic (exact) mass is 330 g/mol. The fourth-order valence-corrected chi connectivity index (χ4v) is 2.81. The third-order valence-electron chi connectivity index (χ3n) is 3.00. The van der Waals surface area contributed by atoms with E-state index in [0.29, 0.717) is 22.2 Å². The highest BCUT2D eigenvalue weighted by Crippen LogP contribution is 2.32. The lowest BCUT2D eigenvalue weighted by molar-refractivity contribution is -0.137. The summed E-state index contributed by atoms with van der Waals surface area (Å²) in [6, 6.07) is 4.49. The highest BCUT2D eigenvalue weighted by molar-refractivity contribution is 7.99. The van der Waals surface area contributed by atoms with Crippen molar-refractivity contribution in [2.24, 2.45) is 7.05 Å². The lowest BCUT2D eigenvalue weighted by Gasteiger charge is -2.08. The highest BCUT2D eigenvalue weighted by atomic mass is 32.2. The molecule has 118 valence electrons. The third kappa shape index (κ3) is 3.11. The summed E-state index contributed by atoms with van der Waals surface area (Å²) in [5, 5.41) is 9.67. The van der Waals surface area contributed by atoms with Gasteiger partial charge in [0.2, 0.25) is 0 Å². The van der Waals surface area contributed by atoms with Crippen molar-refractivity contribution in [3.05, 3.63) is 35.5 Å². The maximum Gasteiger partial charge on any atom is 0.416 e. The van der Waals surface area contributed by atoms with Gasteiger partial charge in [-0.05, 0) is 17.9 Å². The molecule has 0 bridgehead atoms. The number of halogens is 3. The van der Waals surface area contributed by atoms with E-state index in [1.807, 2.05) is 6.92 Å². The largest absolute Gasteiger partial charge is 0.476 e. The van der Waals surface area contributed by atoms with Crippen molar-refractivity contribution < 1.29 is 23.1 Å². The van der Waals surface area contributed by atoms with Gasteiger partial charge in [-0.1, -0.05) is 19.1 Å². The van der Waals surface area contributed by atoms with Crippen LogP contribution in [0.3, 0.4) is 0 Å². The molecule has 1 N–H and O–H groups in total. The minimum atomic E-state index is -4.41. The molecule has 0 atom stereocenters. The van der Waals surface area contributed by atoms with Gasteiger partial charge >= 0.3 is 12.1 Å². The Balaban J connectivity index is 2.49. The molecule has 0 aliphatic rings. The highest BCUT2D eigenvalue weighted by Gasteiger charge is 2.30. The van der Waals surface area contributed by atoms with Gasteiger partial charge in [0.25, 0.3) is 0 Å².